The molecule has 1 aliphatic rings. The molecule has 31 heavy (non-hydrogen) atoms. The molecule has 2 aromatic carbocycles. The first-order chi connectivity index (χ1) is 14.8. The number of nitrogens with one attached hydrogen (secondary N) is 1. The van der Waals surface area contributed by atoms with Gasteiger partial charge in [-0.25, -0.2) is 8.42 Å². The normalized spacial score (nSPS) is 15.6. The quantitative estimate of drug-likeness (QED) is 0.479. The predicted molar refractivity (Wildman–Crippen MR) is 124 cm³/mol. The van der Waals surface area contributed by atoms with E-state index in [2.05, 4.69) is 5.32 Å². The van der Waals surface area contributed by atoms with Crippen molar-refractivity contribution in [3.05, 3.63) is 53.6 Å². The van der Waals surface area contributed by atoms with E-state index in [1.54, 1.807) is 23.9 Å². The molecule has 6 nitrogen and oxygen atoms in total. The number of sulfonamides is 1. The number of ether oxygens (including phenoxy) is 1. The number of aryl methyl sites for hydroxylation is 2. The summed E-state index contributed by atoms with van der Waals surface area (Å²) in [6.07, 6.45) is 2.99. The van der Waals surface area contributed by atoms with Gasteiger partial charge in [0.25, 0.3) is 0 Å². The van der Waals surface area contributed by atoms with Gasteiger partial charge in [-0.2, -0.15) is 4.31 Å². The molecule has 0 spiro atoms. The van der Waals surface area contributed by atoms with Gasteiger partial charge >= 0.3 is 0 Å². The molecule has 1 saturated heterocycles. The maximum atomic E-state index is 12.9. The highest BCUT2D eigenvalue weighted by Crippen LogP contribution is 2.25. The van der Waals surface area contributed by atoms with E-state index in [0.717, 1.165) is 21.8 Å². The van der Waals surface area contributed by atoms with Crippen molar-refractivity contribution in [3.63, 3.8) is 0 Å². The SMILES string of the molecule is CSc1ccc(S(=O)(=O)N2CCC(C(=O)NCCOc3cc(C)ccc3C)CC2)cc1. The average molecular weight is 463 g/mol. The molecular formula is C23H30N2O4S2. The second-order valence-electron chi connectivity index (χ2n) is 7.76. The van der Waals surface area contributed by atoms with Crippen molar-refractivity contribution in [3.8, 4) is 5.75 Å². The van der Waals surface area contributed by atoms with Crippen LogP contribution >= 0.6 is 11.8 Å². The molecule has 1 heterocycles. The molecular weight excluding hydrogens is 432 g/mol. The fraction of sp³-hybridized carbons (Fsp3) is 0.435. The average Bonchev–Trinajstić information content (AvgIpc) is 2.78. The molecule has 3 rings (SSSR count). The summed E-state index contributed by atoms with van der Waals surface area (Å²) < 4.78 is 33.0. The van der Waals surface area contributed by atoms with E-state index in [4.69, 9.17) is 4.74 Å². The van der Waals surface area contributed by atoms with Crippen LogP contribution in [-0.2, 0) is 14.8 Å². The summed E-state index contributed by atoms with van der Waals surface area (Å²) in [5, 5.41) is 2.92. The van der Waals surface area contributed by atoms with E-state index < -0.39 is 10.0 Å². The Bertz CT molecular complexity index is 999. The predicted octanol–water partition coefficient (Wildman–Crippen LogP) is 3.62. The Balaban J connectivity index is 1.45. The maximum Gasteiger partial charge on any atom is 0.243 e. The topological polar surface area (TPSA) is 75.7 Å². The summed E-state index contributed by atoms with van der Waals surface area (Å²) in [6.45, 7) is 5.53. The third kappa shape index (κ3) is 6.02. The summed E-state index contributed by atoms with van der Waals surface area (Å²) in [7, 11) is -3.52. The van der Waals surface area contributed by atoms with Gasteiger partial charge in [-0.3, -0.25) is 4.79 Å². The number of amides is 1. The van der Waals surface area contributed by atoms with Crippen molar-refractivity contribution < 1.29 is 17.9 Å². The number of hydrogen-bond donors (Lipinski definition) is 1. The number of carbonyl (C=O) groups excluding carboxylic acids is 1. The van der Waals surface area contributed by atoms with Gasteiger partial charge in [-0.1, -0.05) is 12.1 Å². The van der Waals surface area contributed by atoms with E-state index >= 15 is 0 Å². The van der Waals surface area contributed by atoms with E-state index in [0.29, 0.717) is 44.0 Å². The number of benzene rings is 2. The number of thioether (sulfide) groups is 1. The molecule has 1 N–H and O–H groups in total. The van der Waals surface area contributed by atoms with Crippen LogP contribution in [0.15, 0.2) is 52.3 Å². The summed E-state index contributed by atoms with van der Waals surface area (Å²) in [5.74, 6) is 0.621. The molecule has 1 aliphatic heterocycles. The highest BCUT2D eigenvalue weighted by atomic mass is 32.2. The third-order valence-corrected chi connectivity index (χ3v) is 8.18. The van der Waals surface area contributed by atoms with Gasteiger partial charge in [0.2, 0.25) is 15.9 Å². The van der Waals surface area contributed by atoms with Gasteiger partial charge < -0.3 is 10.1 Å². The lowest BCUT2D eigenvalue weighted by molar-refractivity contribution is -0.126. The molecule has 0 aliphatic carbocycles. The van der Waals surface area contributed by atoms with Gasteiger partial charge in [0.05, 0.1) is 11.4 Å². The van der Waals surface area contributed by atoms with Crippen molar-refractivity contribution in [2.24, 2.45) is 5.92 Å². The Morgan fingerprint density at radius 2 is 1.81 bits per heavy atom. The van der Waals surface area contributed by atoms with Gasteiger partial charge in [0.1, 0.15) is 12.4 Å². The van der Waals surface area contributed by atoms with Crippen LogP contribution in [0.4, 0.5) is 0 Å². The Morgan fingerprint density at radius 3 is 2.45 bits per heavy atom. The molecule has 0 aromatic heterocycles. The largest absolute Gasteiger partial charge is 0.491 e. The van der Waals surface area contributed by atoms with Crippen LogP contribution in [0.25, 0.3) is 0 Å². The lowest BCUT2D eigenvalue weighted by Gasteiger charge is -2.30. The van der Waals surface area contributed by atoms with Crippen LogP contribution in [0.2, 0.25) is 0 Å². The Morgan fingerprint density at radius 1 is 1.13 bits per heavy atom. The Hall–Kier alpha value is -2.03. The van der Waals surface area contributed by atoms with E-state index in [1.807, 2.05) is 50.4 Å². The second kappa shape index (κ2) is 10.5. The minimum Gasteiger partial charge on any atom is -0.491 e. The van der Waals surface area contributed by atoms with Crippen molar-refractivity contribution in [2.75, 3.05) is 32.5 Å². The van der Waals surface area contributed by atoms with Crippen LogP contribution < -0.4 is 10.1 Å². The number of carbonyl (C=O) groups is 1. The Kier molecular flexibility index (Phi) is 8.02. The first-order valence-corrected chi connectivity index (χ1v) is 13.1. The van der Waals surface area contributed by atoms with Gasteiger partial charge in [-0.15, -0.1) is 11.8 Å². The molecule has 8 heteroatoms. The first kappa shape index (κ1) is 23.6. The molecule has 168 valence electrons. The van der Waals surface area contributed by atoms with Crippen LogP contribution in [-0.4, -0.2) is 51.1 Å². The number of hydrogen-bond acceptors (Lipinski definition) is 5. The zero-order chi connectivity index (χ0) is 22.4. The molecule has 0 unspecified atom stereocenters. The van der Waals surface area contributed by atoms with Crippen molar-refractivity contribution in [1.29, 1.82) is 0 Å². The minimum absolute atomic E-state index is 0.0362. The molecule has 0 atom stereocenters. The zero-order valence-electron chi connectivity index (χ0n) is 18.3. The molecule has 0 saturated carbocycles. The number of rotatable bonds is 8. The third-order valence-electron chi connectivity index (χ3n) is 5.52. The van der Waals surface area contributed by atoms with Crippen LogP contribution in [0, 0.1) is 19.8 Å². The van der Waals surface area contributed by atoms with Crippen molar-refractivity contribution in [2.45, 2.75) is 36.5 Å². The minimum atomic E-state index is -3.52. The van der Waals surface area contributed by atoms with Crippen LogP contribution in [0.5, 0.6) is 5.75 Å². The summed E-state index contributed by atoms with van der Waals surface area (Å²) in [4.78, 5) is 13.8. The fourth-order valence-electron chi connectivity index (χ4n) is 3.60. The second-order valence-corrected chi connectivity index (χ2v) is 10.6. The molecule has 1 amide bonds. The smallest absolute Gasteiger partial charge is 0.243 e. The molecule has 0 bridgehead atoms. The standard InChI is InChI=1S/C23H30N2O4S2/c1-17-4-5-18(2)22(16-17)29-15-12-24-23(26)19-10-13-25(14-11-19)31(27,28)21-8-6-20(30-3)7-9-21/h4-9,16,19H,10-15H2,1-3H3,(H,24,26). The Labute approximate surface area is 189 Å². The van der Waals surface area contributed by atoms with E-state index in [9.17, 15) is 13.2 Å². The van der Waals surface area contributed by atoms with E-state index in [-0.39, 0.29) is 11.8 Å². The highest BCUT2D eigenvalue weighted by molar-refractivity contribution is 7.98. The molecule has 1 fully saturated rings. The highest BCUT2D eigenvalue weighted by Gasteiger charge is 2.31. The zero-order valence-corrected chi connectivity index (χ0v) is 19.9. The number of piperidine rings is 1. The first-order valence-electron chi connectivity index (χ1n) is 10.4. The summed E-state index contributed by atoms with van der Waals surface area (Å²) in [6, 6.07) is 13.0. The summed E-state index contributed by atoms with van der Waals surface area (Å²) in [5.41, 5.74) is 2.19. The van der Waals surface area contributed by atoms with Gasteiger partial charge in [-0.05, 0) is 74.4 Å². The molecule has 2 aromatic rings. The fourth-order valence-corrected chi connectivity index (χ4v) is 5.48. The lowest BCUT2D eigenvalue weighted by Crippen LogP contribution is -2.43. The van der Waals surface area contributed by atoms with Crippen molar-refractivity contribution in [1.82, 2.24) is 9.62 Å². The maximum absolute atomic E-state index is 12.9. The summed E-state index contributed by atoms with van der Waals surface area (Å²) >= 11 is 1.57. The van der Waals surface area contributed by atoms with Crippen LogP contribution in [0.1, 0.15) is 24.0 Å². The van der Waals surface area contributed by atoms with E-state index in [1.165, 1.54) is 4.31 Å². The molecule has 0 radical (unpaired) electrons. The van der Waals surface area contributed by atoms with Crippen molar-refractivity contribution >= 4 is 27.7 Å². The van der Waals surface area contributed by atoms with Crippen LogP contribution in [0.3, 0.4) is 0 Å². The van der Waals surface area contributed by atoms with Gasteiger partial charge in [0.15, 0.2) is 0 Å². The monoisotopic (exact) mass is 462 g/mol. The van der Waals surface area contributed by atoms with Gasteiger partial charge in [0, 0.05) is 23.9 Å². The number of nitrogens with zero attached hydrogens (tertiary/aromatic N) is 1. The lowest BCUT2D eigenvalue weighted by atomic mass is 9.97.